The maximum absolute atomic E-state index is 12.4. The average molecular weight is 336 g/mol. The fraction of sp³-hybridized carbons (Fsp3) is 0.250. The number of nitrogens with zero attached hydrogens (tertiary/aromatic N) is 4. The number of aromatic nitrogens is 5. The molecule has 114 valence electrons. The number of thioether (sulfide) groups is 1. The van der Waals surface area contributed by atoms with Crippen molar-refractivity contribution in [3.05, 3.63) is 28.3 Å². The number of hydrogen-bond acceptors (Lipinski definition) is 7. The zero-order valence-electron chi connectivity index (χ0n) is 11.8. The van der Waals surface area contributed by atoms with Gasteiger partial charge in [0.2, 0.25) is 5.13 Å². The fourth-order valence-electron chi connectivity index (χ4n) is 1.94. The van der Waals surface area contributed by atoms with E-state index in [1.54, 1.807) is 35.8 Å². The molecule has 0 unspecified atom stereocenters. The smallest absolute Gasteiger partial charge is 0.275 e. The van der Waals surface area contributed by atoms with Crippen LogP contribution in [0.1, 0.15) is 17.3 Å². The van der Waals surface area contributed by atoms with Crippen LogP contribution < -0.4 is 10.9 Å². The predicted octanol–water partition coefficient (Wildman–Crippen LogP) is 1.43. The van der Waals surface area contributed by atoms with E-state index in [0.717, 1.165) is 10.1 Å². The molecule has 2 N–H and O–H groups in total. The molecule has 8 nitrogen and oxygen atoms in total. The maximum atomic E-state index is 12.4. The minimum Gasteiger partial charge on any atom is -0.356 e. The van der Waals surface area contributed by atoms with Gasteiger partial charge in [-0.2, -0.15) is 5.10 Å². The molecule has 0 spiro atoms. The highest BCUT2D eigenvalue weighted by atomic mass is 32.2. The summed E-state index contributed by atoms with van der Waals surface area (Å²) in [6, 6.07) is 0. The maximum Gasteiger partial charge on any atom is 0.275 e. The molecule has 3 heterocycles. The zero-order chi connectivity index (χ0) is 15.7. The van der Waals surface area contributed by atoms with Crippen molar-refractivity contribution in [3.8, 4) is 11.3 Å². The summed E-state index contributed by atoms with van der Waals surface area (Å²) in [5.74, 6) is 0.508. The Bertz CT molecular complexity index is 852. The molecule has 2 aliphatic rings. The third-order valence-electron chi connectivity index (χ3n) is 2.83. The Kier molecular flexibility index (Phi) is 3.94. The Labute approximate surface area is 133 Å². The number of hydrogen-bond donors (Lipinski definition) is 2. The van der Waals surface area contributed by atoms with Gasteiger partial charge in [0.1, 0.15) is 5.69 Å². The molecule has 0 saturated carbocycles. The molecule has 1 aromatic heterocycles. The number of anilines is 1. The van der Waals surface area contributed by atoms with E-state index < -0.39 is 0 Å². The van der Waals surface area contributed by atoms with Crippen LogP contribution >= 0.6 is 23.1 Å². The number of carbonyl (C=O) groups is 1. The third-order valence-corrected chi connectivity index (χ3v) is 4.68. The summed E-state index contributed by atoms with van der Waals surface area (Å²) >= 11 is 2.87. The van der Waals surface area contributed by atoms with E-state index >= 15 is 0 Å². The molecular weight excluding hydrogens is 324 g/mol. The van der Waals surface area contributed by atoms with Crippen LogP contribution in [0.5, 0.6) is 0 Å². The lowest BCUT2D eigenvalue weighted by atomic mass is 10.1. The average Bonchev–Trinajstić information content (AvgIpc) is 3.06. The first-order valence-corrected chi connectivity index (χ1v) is 8.20. The van der Waals surface area contributed by atoms with Crippen LogP contribution in [-0.4, -0.2) is 36.6 Å². The number of nitrogens with one attached hydrogen (secondary N) is 2. The van der Waals surface area contributed by atoms with Gasteiger partial charge in [-0.15, -0.1) is 10.2 Å². The number of pyridine rings is 1. The predicted molar refractivity (Wildman–Crippen MR) is 84.7 cm³/mol. The van der Waals surface area contributed by atoms with Crippen LogP contribution in [0.15, 0.2) is 21.5 Å². The molecule has 1 amide bonds. The number of amides is 1. The molecule has 0 fully saturated rings. The van der Waals surface area contributed by atoms with Crippen molar-refractivity contribution >= 4 is 34.1 Å². The summed E-state index contributed by atoms with van der Waals surface area (Å²) in [5, 5.41) is 17.3. The van der Waals surface area contributed by atoms with E-state index in [1.165, 1.54) is 11.3 Å². The fourth-order valence-corrected chi connectivity index (χ4v) is 3.58. The summed E-state index contributed by atoms with van der Waals surface area (Å²) < 4.78 is 2.44. The molecule has 0 atom stereocenters. The van der Waals surface area contributed by atoms with Crippen LogP contribution in [0, 0.1) is 0 Å². The van der Waals surface area contributed by atoms with Gasteiger partial charge in [0, 0.05) is 19.4 Å². The van der Waals surface area contributed by atoms with E-state index in [-0.39, 0.29) is 11.5 Å². The highest BCUT2D eigenvalue weighted by Crippen LogP contribution is 2.26. The molecule has 22 heavy (non-hydrogen) atoms. The molecule has 0 aromatic carbocycles. The van der Waals surface area contributed by atoms with Gasteiger partial charge in [-0.3, -0.25) is 14.9 Å². The van der Waals surface area contributed by atoms with Crippen LogP contribution in [0.4, 0.5) is 5.13 Å². The molecule has 0 aliphatic carbocycles. The molecule has 0 saturated heterocycles. The van der Waals surface area contributed by atoms with Crippen molar-refractivity contribution in [2.45, 2.75) is 11.3 Å². The first kappa shape index (κ1) is 14.7. The van der Waals surface area contributed by atoms with Gasteiger partial charge < -0.3 is 4.57 Å². The Balaban J connectivity index is 1.89. The number of aryl methyl sites for hydroxylation is 1. The third kappa shape index (κ3) is 2.74. The van der Waals surface area contributed by atoms with Crippen LogP contribution in [0.3, 0.4) is 0 Å². The van der Waals surface area contributed by atoms with E-state index in [4.69, 9.17) is 0 Å². The highest BCUT2D eigenvalue weighted by molar-refractivity contribution is 8.01. The van der Waals surface area contributed by atoms with Crippen LogP contribution in [-0.2, 0) is 7.05 Å². The Hall–Kier alpha value is -2.20. The molecule has 0 bridgehead atoms. The van der Waals surface area contributed by atoms with Gasteiger partial charge in [0.25, 0.3) is 11.5 Å². The zero-order valence-corrected chi connectivity index (χ0v) is 13.4. The second-order valence-electron chi connectivity index (χ2n) is 4.41. The molecular formula is C12H12N6O2S2. The number of fused-ring (bicyclic) bond motifs is 1. The van der Waals surface area contributed by atoms with Crippen molar-refractivity contribution in [1.82, 2.24) is 25.0 Å². The van der Waals surface area contributed by atoms with Crippen molar-refractivity contribution in [2.75, 3.05) is 11.1 Å². The minimum absolute atomic E-state index is 0.304. The van der Waals surface area contributed by atoms with E-state index in [9.17, 15) is 9.59 Å². The molecule has 1 aromatic rings. The second kappa shape index (κ2) is 5.89. The van der Waals surface area contributed by atoms with Crippen LogP contribution in [0.2, 0.25) is 0 Å². The SMILES string of the molecule is CCSc1nnc(NC(=O)c2cn(C)cc3c(=O)[nH]nc2-3)s1. The highest BCUT2D eigenvalue weighted by Gasteiger charge is 2.21. The lowest BCUT2D eigenvalue weighted by Gasteiger charge is -2.08. The largest absolute Gasteiger partial charge is 0.356 e. The summed E-state index contributed by atoms with van der Waals surface area (Å²) in [4.78, 5) is 24.1. The molecule has 10 heteroatoms. The summed E-state index contributed by atoms with van der Waals surface area (Å²) in [7, 11) is 1.74. The lowest BCUT2D eigenvalue weighted by molar-refractivity contribution is 0.102. The van der Waals surface area contributed by atoms with Crippen molar-refractivity contribution in [1.29, 1.82) is 0 Å². The monoisotopic (exact) mass is 336 g/mol. The summed E-state index contributed by atoms with van der Waals surface area (Å²) in [6.07, 6.45) is 3.24. The Morgan fingerprint density at radius 2 is 2.27 bits per heavy atom. The van der Waals surface area contributed by atoms with Gasteiger partial charge in [0.05, 0.1) is 11.1 Å². The Morgan fingerprint density at radius 3 is 3.05 bits per heavy atom. The van der Waals surface area contributed by atoms with Gasteiger partial charge in [0.15, 0.2) is 4.34 Å². The number of H-pyrrole nitrogens is 1. The van der Waals surface area contributed by atoms with Gasteiger partial charge in [-0.1, -0.05) is 30.0 Å². The number of aromatic amines is 1. The number of rotatable bonds is 4. The number of carbonyl (C=O) groups excluding carboxylic acids is 1. The van der Waals surface area contributed by atoms with E-state index in [2.05, 4.69) is 25.7 Å². The minimum atomic E-state index is -0.378. The molecule has 0 radical (unpaired) electrons. The first-order valence-electron chi connectivity index (χ1n) is 6.40. The lowest BCUT2D eigenvalue weighted by Crippen LogP contribution is -2.16. The Morgan fingerprint density at radius 1 is 1.45 bits per heavy atom. The molecule has 3 rings (SSSR count). The van der Waals surface area contributed by atoms with E-state index in [1.807, 2.05) is 6.92 Å². The first-order chi connectivity index (χ1) is 10.6. The van der Waals surface area contributed by atoms with E-state index in [0.29, 0.717) is 22.0 Å². The quantitative estimate of drug-likeness (QED) is 0.551. The summed E-state index contributed by atoms with van der Waals surface area (Å²) in [6.45, 7) is 2.02. The van der Waals surface area contributed by atoms with Gasteiger partial charge in [-0.05, 0) is 5.75 Å². The molecule has 2 aliphatic heterocycles. The topological polar surface area (TPSA) is 106 Å². The normalized spacial score (nSPS) is 11.0. The van der Waals surface area contributed by atoms with Crippen molar-refractivity contribution in [3.63, 3.8) is 0 Å². The second-order valence-corrected chi connectivity index (χ2v) is 6.90. The summed E-state index contributed by atoms with van der Waals surface area (Å²) in [5.41, 5.74) is 0.693. The van der Waals surface area contributed by atoms with Crippen molar-refractivity contribution < 1.29 is 4.79 Å². The van der Waals surface area contributed by atoms with Gasteiger partial charge in [-0.25, -0.2) is 5.10 Å². The standard InChI is InChI=1S/C12H12N6O2S2/c1-3-21-12-17-16-11(22-12)13-9(19)6-4-18(2)5-7-8(6)14-15-10(7)20/h4-5H,3H2,1-2H3,(H,15,20)(H,13,16,19). The van der Waals surface area contributed by atoms with Crippen LogP contribution in [0.25, 0.3) is 11.3 Å². The van der Waals surface area contributed by atoms with Crippen molar-refractivity contribution in [2.24, 2.45) is 7.05 Å². The van der Waals surface area contributed by atoms with Gasteiger partial charge >= 0.3 is 0 Å².